The van der Waals surface area contributed by atoms with E-state index in [0.29, 0.717) is 5.13 Å². The van der Waals surface area contributed by atoms with Gasteiger partial charge in [-0.15, -0.1) is 0 Å². The Bertz CT molecular complexity index is 558. The molecule has 21 heavy (non-hydrogen) atoms. The largest absolute Gasteiger partial charge is 0.411 e. The van der Waals surface area contributed by atoms with Crippen molar-refractivity contribution in [3.05, 3.63) is 4.88 Å². The van der Waals surface area contributed by atoms with Crippen molar-refractivity contribution in [3.63, 3.8) is 0 Å². The number of nitrogen functional groups attached to an aromatic ring is 1. The number of carbonyl (C=O) groups excluding carboxylic acids is 1. The summed E-state index contributed by atoms with van der Waals surface area (Å²) >= 11 is 0.947. The first-order valence-corrected chi connectivity index (χ1v) is 7.19. The quantitative estimate of drug-likeness (QED) is 0.799. The minimum atomic E-state index is -4.45. The van der Waals surface area contributed by atoms with Gasteiger partial charge in [-0.2, -0.15) is 13.2 Å². The second kappa shape index (κ2) is 4.75. The van der Waals surface area contributed by atoms with E-state index >= 15 is 0 Å². The van der Waals surface area contributed by atoms with Crippen molar-refractivity contribution in [1.82, 2.24) is 10.3 Å². The number of nitrogens with two attached hydrogens (primary N) is 1. The zero-order valence-electron chi connectivity index (χ0n) is 11.9. The lowest BCUT2D eigenvalue weighted by Crippen LogP contribution is -2.47. The molecule has 1 saturated carbocycles. The molecule has 1 heterocycles. The van der Waals surface area contributed by atoms with E-state index in [0.717, 1.165) is 11.3 Å². The highest BCUT2D eigenvalue weighted by atomic mass is 32.1. The summed E-state index contributed by atoms with van der Waals surface area (Å²) in [7, 11) is 0. The SMILES string of the molecule is CC(C)(C)Nc1nc(N)c(C(=O)NC2(C(F)(F)F)CC2)s1. The number of hydrogen-bond acceptors (Lipinski definition) is 5. The average Bonchev–Trinajstić information content (AvgIpc) is 2.95. The highest BCUT2D eigenvalue weighted by Crippen LogP contribution is 2.49. The van der Waals surface area contributed by atoms with Gasteiger partial charge in [0.25, 0.3) is 5.91 Å². The molecule has 0 unspecified atom stereocenters. The van der Waals surface area contributed by atoms with Gasteiger partial charge in [-0.05, 0) is 33.6 Å². The molecule has 1 aromatic heterocycles. The lowest BCUT2D eigenvalue weighted by Gasteiger charge is -2.20. The van der Waals surface area contributed by atoms with E-state index in [-0.39, 0.29) is 29.1 Å². The molecule has 1 aromatic rings. The lowest BCUT2D eigenvalue weighted by atomic mass is 10.1. The van der Waals surface area contributed by atoms with Gasteiger partial charge < -0.3 is 16.4 Å². The number of aromatic nitrogens is 1. The molecule has 1 aliphatic rings. The number of rotatable bonds is 3. The minimum absolute atomic E-state index is 0.00252. The number of hydrogen-bond donors (Lipinski definition) is 3. The molecule has 0 aliphatic heterocycles. The normalized spacial score (nSPS) is 17.4. The predicted molar refractivity (Wildman–Crippen MR) is 75.4 cm³/mol. The topological polar surface area (TPSA) is 80.0 Å². The molecule has 5 nitrogen and oxygen atoms in total. The maximum atomic E-state index is 12.8. The van der Waals surface area contributed by atoms with Crippen LogP contribution in [0.2, 0.25) is 0 Å². The van der Waals surface area contributed by atoms with E-state index in [1.807, 2.05) is 26.1 Å². The van der Waals surface area contributed by atoms with Crippen molar-refractivity contribution in [1.29, 1.82) is 0 Å². The zero-order chi connectivity index (χ0) is 16.1. The molecule has 0 bridgehead atoms. The van der Waals surface area contributed by atoms with E-state index in [9.17, 15) is 18.0 Å². The Morgan fingerprint density at radius 3 is 2.33 bits per heavy atom. The summed E-state index contributed by atoms with van der Waals surface area (Å²) in [6.45, 7) is 5.69. The number of amides is 1. The Morgan fingerprint density at radius 2 is 1.90 bits per heavy atom. The maximum absolute atomic E-state index is 12.8. The smallest absolute Gasteiger partial charge is 0.382 e. The summed E-state index contributed by atoms with van der Waals surface area (Å²) in [5.41, 5.74) is 3.24. The van der Waals surface area contributed by atoms with Crippen LogP contribution in [0.3, 0.4) is 0 Å². The van der Waals surface area contributed by atoms with Crippen molar-refractivity contribution in [2.45, 2.75) is 50.9 Å². The predicted octanol–water partition coefficient (Wildman–Crippen LogP) is 2.76. The standard InChI is InChI=1S/C12H17F3N4OS/c1-10(2,3)19-9-17-7(16)6(21-9)8(20)18-11(4-5-11)12(13,14)15/h4-5,16H2,1-3H3,(H,17,19)(H,18,20). The van der Waals surface area contributed by atoms with Crippen molar-refractivity contribution >= 4 is 28.2 Å². The fourth-order valence-corrected chi connectivity index (χ4v) is 2.74. The van der Waals surface area contributed by atoms with Gasteiger partial charge in [-0.3, -0.25) is 4.79 Å². The fourth-order valence-electron chi connectivity index (χ4n) is 1.75. The van der Waals surface area contributed by atoms with Crippen LogP contribution in [-0.2, 0) is 0 Å². The third kappa shape index (κ3) is 3.39. The van der Waals surface area contributed by atoms with Gasteiger partial charge in [0.1, 0.15) is 16.2 Å². The van der Waals surface area contributed by atoms with Crippen LogP contribution in [0.15, 0.2) is 0 Å². The van der Waals surface area contributed by atoms with Crippen molar-refractivity contribution in [3.8, 4) is 0 Å². The molecule has 0 saturated heterocycles. The number of alkyl halides is 3. The molecule has 4 N–H and O–H groups in total. The first kappa shape index (κ1) is 15.9. The van der Waals surface area contributed by atoms with Crippen LogP contribution in [0.4, 0.5) is 24.1 Å². The molecule has 1 aliphatic carbocycles. The molecule has 118 valence electrons. The highest BCUT2D eigenvalue weighted by molar-refractivity contribution is 7.18. The molecule has 0 aromatic carbocycles. The Balaban J connectivity index is 2.14. The van der Waals surface area contributed by atoms with Gasteiger partial charge in [0.15, 0.2) is 5.13 Å². The van der Waals surface area contributed by atoms with E-state index < -0.39 is 17.6 Å². The molecule has 0 atom stereocenters. The Hall–Kier alpha value is -1.51. The van der Waals surface area contributed by atoms with Gasteiger partial charge in [0, 0.05) is 5.54 Å². The monoisotopic (exact) mass is 322 g/mol. The van der Waals surface area contributed by atoms with Crippen LogP contribution in [0.25, 0.3) is 0 Å². The molecule has 0 spiro atoms. The second-order valence-corrected chi connectivity index (χ2v) is 7.14. The van der Waals surface area contributed by atoms with Crippen LogP contribution in [0.5, 0.6) is 0 Å². The zero-order valence-corrected chi connectivity index (χ0v) is 12.7. The van der Waals surface area contributed by atoms with E-state index in [4.69, 9.17) is 5.73 Å². The molecule has 2 rings (SSSR count). The minimum Gasteiger partial charge on any atom is -0.382 e. The third-order valence-electron chi connectivity index (χ3n) is 2.99. The first-order chi connectivity index (χ1) is 9.44. The Morgan fingerprint density at radius 1 is 1.33 bits per heavy atom. The number of thiazole rings is 1. The van der Waals surface area contributed by atoms with Crippen LogP contribution in [0, 0.1) is 0 Å². The molecule has 0 radical (unpaired) electrons. The van der Waals surface area contributed by atoms with Crippen molar-refractivity contribution < 1.29 is 18.0 Å². The molecular weight excluding hydrogens is 305 g/mol. The van der Waals surface area contributed by atoms with E-state index in [1.165, 1.54) is 0 Å². The van der Waals surface area contributed by atoms with E-state index in [1.54, 1.807) is 0 Å². The maximum Gasteiger partial charge on any atom is 0.411 e. The third-order valence-corrected chi connectivity index (χ3v) is 3.97. The molecular formula is C12H17F3N4OS. The second-order valence-electron chi connectivity index (χ2n) is 6.14. The van der Waals surface area contributed by atoms with Gasteiger partial charge in [0.05, 0.1) is 0 Å². The summed E-state index contributed by atoms with van der Waals surface area (Å²) in [5, 5.41) is 5.48. The number of halogens is 3. The van der Waals surface area contributed by atoms with Crippen molar-refractivity contribution in [2.24, 2.45) is 0 Å². The van der Waals surface area contributed by atoms with Crippen molar-refractivity contribution in [2.75, 3.05) is 11.1 Å². The fraction of sp³-hybridized carbons (Fsp3) is 0.667. The van der Waals surface area contributed by atoms with Gasteiger partial charge in [-0.1, -0.05) is 11.3 Å². The average molecular weight is 322 g/mol. The van der Waals surface area contributed by atoms with Gasteiger partial charge in [0.2, 0.25) is 0 Å². The molecule has 1 amide bonds. The molecule has 1 fully saturated rings. The lowest BCUT2D eigenvalue weighted by molar-refractivity contribution is -0.163. The summed E-state index contributed by atoms with van der Waals surface area (Å²) in [4.78, 5) is 16.0. The Labute approximate surface area is 124 Å². The van der Waals surface area contributed by atoms with Gasteiger partial charge >= 0.3 is 6.18 Å². The molecule has 9 heteroatoms. The van der Waals surface area contributed by atoms with Gasteiger partial charge in [-0.25, -0.2) is 4.98 Å². The number of nitrogens with one attached hydrogen (secondary N) is 2. The first-order valence-electron chi connectivity index (χ1n) is 6.37. The number of carbonyl (C=O) groups is 1. The summed E-state index contributed by atoms with van der Waals surface area (Å²) in [5.74, 6) is -0.899. The van der Waals surface area contributed by atoms with Crippen LogP contribution in [0.1, 0.15) is 43.3 Å². The number of anilines is 2. The van der Waals surface area contributed by atoms with Crippen LogP contribution in [-0.4, -0.2) is 28.1 Å². The highest BCUT2D eigenvalue weighted by Gasteiger charge is 2.64. The van der Waals surface area contributed by atoms with Crippen LogP contribution < -0.4 is 16.4 Å². The number of nitrogens with zero attached hydrogens (tertiary/aromatic N) is 1. The summed E-state index contributed by atoms with van der Waals surface area (Å²) in [6, 6.07) is 0. The Kier molecular flexibility index (Phi) is 3.59. The van der Waals surface area contributed by atoms with E-state index in [2.05, 4.69) is 10.3 Å². The van der Waals surface area contributed by atoms with Crippen LogP contribution >= 0.6 is 11.3 Å². The summed E-state index contributed by atoms with van der Waals surface area (Å²) in [6.07, 6.45) is -4.66. The summed E-state index contributed by atoms with van der Waals surface area (Å²) < 4.78 is 38.5.